The Bertz CT molecular complexity index is 818. The van der Waals surface area contributed by atoms with Crippen molar-refractivity contribution in [2.24, 2.45) is 52.3 Å². The van der Waals surface area contributed by atoms with Crippen LogP contribution in [0.5, 0.6) is 0 Å². The zero-order valence-corrected chi connectivity index (χ0v) is 25.3. The fourth-order valence-electron chi connectivity index (χ4n) is 10.7. The molecule has 0 amide bonds. The Morgan fingerprint density at radius 2 is 1.54 bits per heavy atom. The van der Waals surface area contributed by atoms with E-state index in [1.807, 2.05) is 0 Å². The van der Waals surface area contributed by atoms with Crippen molar-refractivity contribution in [2.75, 3.05) is 6.61 Å². The number of hydrogen-bond donors (Lipinski definition) is 4. The van der Waals surface area contributed by atoms with Gasteiger partial charge >= 0.3 is 0 Å². The van der Waals surface area contributed by atoms with E-state index in [0.29, 0.717) is 16.7 Å². The Morgan fingerprint density at radius 1 is 0.821 bits per heavy atom. The van der Waals surface area contributed by atoms with Crippen LogP contribution < -0.4 is 0 Å². The Kier molecular flexibility index (Phi) is 9.14. The summed E-state index contributed by atoms with van der Waals surface area (Å²) in [6.45, 7) is 12.1. The molecule has 6 heteroatoms. The lowest BCUT2D eigenvalue weighted by molar-refractivity contribution is -0.316. The smallest absolute Gasteiger partial charge is 0.186 e. The molecule has 5 aliphatic rings. The van der Waals surface area contributed by atoms with Crippen LogP contribution in [0.2, 0.25) is 0 Å². The highest BCUT2D eigenvalue weighted by atomic mass is 16.7. The zero-order valence-electron chi connectivity index (χ0n) is 25.3. The molecule has 1 saturated heterocycles. The molecular formula is C33H58O6. The van der Waals surface area contributed by atoms with Crippen LogP contribution in [-0.2, 0) is 9.47 Å². The first-order chi connectivity index (χ1) is 18.5. The predicted octanol–water partition coefficient (Wildman–Crippen LogP) is 5.29. The summed E-state index contributed by atoms with van der Waals surface area (Å²) < 4.78 is 11.9. The van der Waals surface area contributed by atoms with Crippen molar-refractivity contribution in [1.29, 1.82) is 0 Å². The number of ether oxygens (including phenoxy) is 2. The van der Waals surface area contributed by atoms with Crippen molar-refractivity contribution >= 4 is 0 Å². The summed E-state index contributed by atoms with van der Waals surface area (Å²) in [4.78, 5) is 0. The van der Waals surface area contributed by atoms with Crippen LogP contribution in [0, 0.1) is 52.3 Å². The van der Waals surface area contributed by atoms with Gasteiger partial charge in [-0.1, -0.05) is 53.9 Å². The van der Waals surface area contributed by atoms with E-state index in [1.165, 1.54) is 57.8 Å². The van der Waals surface area contributed by atoms with Gasteiger partial charge in [-0.3, -0.25) is 0 Å². The van der Waals surface area contributed by atoms with E-state index >= 15 is 0 Å². The second-order valence-electron chi connectivity index (χ2n) is 15.4. The molecule has 0 aromatic carbocycles. The largest absolute Gasteiger partial charge is 0.394 e. The number of fused-ring (bicyclic) bond motifs is 5. The first-order valence-corrected chi connectivity index (χ1v) is 16.5. The number of hydrogen-bond acceptors (Lipinski definition) is 6. The highest BCUT2D eigenvalue weighted by Crippen LogP contribution is 2.68. The van der Waals surface area contributed by atoms with Crippen LogP contribution in [0.1, 0.15) is 112 Å². The third-order valence-electron chi connectivity index (χ3n) is 13.0. The SMILES string of the molecule is CC(C)CCC[C@@H](C)[C@H]1CC[C@H]2[C@@H]3CC[C@H]4C[C@@H](O[C@@H]5OC(CO)[C@@H](O)C(O)C5O)CC[C@]4(C)[C@H]3CC[C@]12C. The average Bonchev–Trinajstić information content (AvgIpc) is 3.26. The van der Waals surface area contributed by atoms with E-state index in [4.69, 9.17) is 9.47 Å². The topological polar surface area (TPSA) is 99.4 Å². The molecule has 5 rings (SSSR count). The first-order valence-electron chi connectivity index (χ1n) is 16.5. The normalized spacial score (nSPS) is 50.8. The summed E-state index contributed by atoms with van der Waals surface area (Å²) in [6, 6.07) is 0. The maximum absolute atomic E-state index is 10.5. The molecule has 0 aromatic heterocycles. The highest BCUT2D eigenvalue weighted by molar-refractivity contribution is 5.10. The van der Waals surface area contributed by atoms with Gasteiger partial charge in [0.05, 0.1) is 12.7 Å². The van der Waals surface area contributed by atoms with Crippen LogP contribution in [-0.4, -0.2) is 63.8 Å². The molecule has 0 spiro atoms. The van der Waals surface area contributed by atoms with Crippen LogP contribution in [0.3, 0.4) is 0 Å². The lowest BCUT2D eigenvalue weighted by Crippen LogP contribution is -2.60. The molecule has 4 N–H and O–H groups in total. The van der Waals surface area contributed by atoms with Crippen molar-refractivity contribution in [3.63, 3.8) is 0 Å². The summed E-state index contributed by atoms with van der Waals surface area (Å²) in [7, 11) is 0. The van der Waals surface area contributed by atoms with Gasteiger partial charge in [-0.25, -0.2) is 0 Å². The quantitative estimate of drug-likeness (QED) is 0.307. The van der Waals surface area contributed by atoms with E-state index in [2.05, 4.69) is 34.6 Å². The highest BCUT2D eigenvalue weighted by Gasteiger charge is 2.61. The summed E-state index contributed by atoms with van der Waals surface area (Å²) in [6.07, 6.45) is 9.41. The van der Waals surface area contributed by atoms with E-state index in [-0.39, 0.29) is 6.10 Å². The van der Waals surface area contributed by atoms with E-state index in [9.17, 15) is 20.4 Å². The molecule has 4 saturated carbocycles. The van der Waals surface area contributed by atoms with Gasteiger partial charge in [0.25, 0.3) is 0 Å². The average molecular weight is 551 g/mol. The summed E-state index contributed by atoms with van der Waals surface area (Å²) in [5, 5.41) is 40.3. The van der Waals surface area contributed by atoms with Crippen LogP contribution >= 0.6 is 0 Å². The number of rotatable bonds is 8. The molecule has 0 bridgehead atoms. The van der Waals surface area contributed by atoms with Gasteiger partial charge in [0.15, 0.2) is 6.29 Å². The molecule has 5 fully saturated rings. The van der Waals surface area contributed by atoms with Gasteiger partial charge in [0.2, 0.25) is 0 Å². The van der Waals surface area contributed by atoms with Crippen molar-refractivity contribution in [2.45, 2.75) is 148 Å². The Morgan fingerprint density at radius 3 is 2.26 bits per heavy atom. The molecule has 1 aliphatic heterocycles. The predicted molar refractivity (Wildman–Crippen MR) is 152 cm³/mol. The number of aliphatic hydroxyl groups is 4. The minimum Gasteiger partial charge on any atom is -0.394 e. The van der Waals surface area contributed by atoms with Crippen LogP contribution in [0.25, 0.3) is 0 Å². The zero-order chi connectivity index (χ0) is 28.1. The fourth-order valence-corrected chi connectivity index (χ4v) is 10.7. The Labute approximate surface area is 237 Å². The molecule has 4 aliphatic carbocycles. The number of aliphatic hydroxyl groups excluding tert-OH is 4. The van der Waals surface area contributed by atoms with E-state index in [0.717, 1.165) is 54.8 Å². The molecule has 0 radical (unpaired) electrons. The Hall–Kier alpha value is -0.240. The molecule has 1 heterocycles. The second kappa shape index (κ2) is 11.8. The summed E-state index contributed by atoms with van der Waals surface area (Å²) in [5.74, 6) is 5.71. The van der Waals surface area contributed by atoms with Gasteiger partial charge < -0.3 is 29.9 Å². The lowest BCUT2D eigenvalue weighted by atomic mass is 9.44. The molecule has 0 aromatic rings. The van der Waals surface area contributed by atoms with Crippen molar-refractivity contribution in [1.82, 2.24) is 0 Å². The standard InChI is InChI=1S/C33H58O6/c1-19(2)7-6-8-20(3)24-11-12-25-23-10-9-21-17-22(13-15-32(21,4)26(23)14-16-33(24,25)5)38-31-30(37)29(36)28(35)27(18-34)39-31/h19-31,34-37H,6-18H2,1-5H3/t20-,21+,22+,23+,24-,25+,26+,27?,28-,29?,30?,31-,32+,33-/m1/s1. The Balaban J connectivity index is 1.21. The first kappa shape index (κ1) is 30.2. The summed E-state index contributed by atoms with van der Waals surface area (Å²) >= 11 is 0. The van der Waals surface area contributed by atoms with Crippen molar-refractivity contribution in [3.8, 4) is 0 Å². The van der Waals surface area contributed by atoms with Gasteiger partial charge in [-0.2, -0.15) is 0 Å². The lowest BCUT2D eigenvalue weighted by Gasteiger charge is -2.61. The van der Waals surface area contributed by atoms with Gasteiger partial charge in [-0.05, 0) is 110 Å². The van der Waals surface area contributed by atoms with Gasteiger partial charge in [-0.15, -0.1) is 0 Å². The van der Waals surface area contributed by atoms with Gasteiger partial charge in [0.1, 0.15) is 24.4 Å². The minimum atomic E-state index is -1.38. The fraction of sp³-hybridized carbons (Fsp3) is 1.00. The third-order valence-corrected chi connectivity index (χ3v) is 13.0. The molecule has 14 atom stereocenters. The molecule has 226 valence electrons. The summed E-state index contributed by atoms with van der Waals surface area (Å²) in [5.41, 5.74) is 0.867. The molecule has 6 nitrogen and oxygen atoms in total. The molecular weight excluding hydrogens is 492 g/mol. The molecule has 3 unspecified atom stereocenters. The van der Waals surface area contributed by atoms with E-state index in [1.54, 1.807) is 0 Å². The monoisotopic (exact) mass is 550 g/mol. The molecule has 39 heavy (non-hydrogen) atoms. The minimum absolute atomic E-state index is 0.0301. The maximum Gasteiger partial charge on any atom is 0.186 e. The second-order valence-corrected chi connectivity index (χ2v) is 15.4. The van der Waals surface area contributed by atoms with E-state index < -0.39 is 37.3 Å². The maximum atomic E-state index is 10.5. The third kappa shape index (κ3) is 5.49. The van der Waals surface area contributed by atoms with Crippen LogP contribution in [0.15, 0.2) is 0 Å². The van der Waals surface area contributed by atoms with Crippen molar-refractivity contribution < 1.29 is 29.9 Å². The van der Waals surface area contributed by atoms with Gasteiger partial charge in [0, 0.05) is 0 Å². The van der Waals surface area contributed by atoms with Crippen LogP contribution in [0.4, 0.5) is 0 Å². The van der Waals surface area contributed by atoms with Crippen molar-refractivity contribution in [3.05, 3.63) is 0 Å².